The highest BCUT2D eigenvalue weighted by molar-refractivity contribution is 6.13. The van der Waals surface area contributed by atoms with E-state index in [-0.39, 0.29) is 0 Å². The molecule has 7 aromatic rings. The summed E-state index contributed by atoms with van der Waals surface area (Å²) < 4.78 is 6.42. The zero-order chi connectivity index (χ0) is 29.3. The number of allylic oxidation sites excluding steroid dienone is 1. The molecule has 1 atom stereocenters. The molecule has 0 bridgehead atoms. The maximum absolute atomic E-state index is 13.6. The van der Waals surface area contributed by atoms with E-state index in [4.69, 9.17) is 4.42 Å². The van der Waals surface area contributed by atoms with Gasteiger partial charge in [-0.15, -0.1) is 0 Å². The lowest BCUT2D eigenvalue weighted by Gasteiger charge is -2.36. The zero-order valence-electron chi connectivity index (χ0n) is 23.9. The van der Waals surface area contributed by atoms with E-state index in [9.17, 15) is 5.11 Å². The summed E-state index contributed by atoms with van der Waals surface area (Å²) in [7, 11) is 0. The molecule has 2 aliphatic carbocycles. The van der Waals surface area contributed by atoms with Crippen LogP contribution in [0.5, 0.6) is 0 Å². The lowest BCUT2D eigenvalue weighted by Crippen LogP contribution is -2.30. The lowest BCUT2D eigenvalue weighted by molar-refractivity contribution is 0.149. The molecule has 1 aromatic heterocycles. The second-order valence-corrected chi connectivity index (χ2v) is 11.7. The lowest BCUT2D eigenvalue weighted by atomic mass is 9.65. The van der Waals surface area contributed by atoms with E-state index in [0.717, 1.165) is 55.7 Å². The van der Waals surface area contributed by atoms with Gasteiger partial charge in [0.15, 0.2) is 0 Å². The van der Waals surface area contributed by atoms with Gasteiger partial charge in [0.25, 0.3) is 0 Å². The van der Waals surface area contributed by atoms with E-state index < -0.39 is 11.0 Å². The highest BCUT2D eigenvalue weighted by atomic mass is 16.3. The number of hydrogen-bond donors (Lipinski definition) is 1. The van der Waals surface area contributed by atoms with Crippen molar-refractivity contribution in [1.82, 2.24) is 0 Å². The van der Waals surface area contributed by atoms with Gasteiger partial charge < -0.3 is 9.52 Å². The number of para-hydroxylation sites is 1. The van der Waals surface area contributed by atoms with Gasteiger partial charge in [-0.2, -0.15) is 0 Å². The van der Waals surface area contributed by atoms with Crippen LogP contribution in [0.4, 0.5) is 0 Å². The average Bonchev–Trinajstić information content (AvgIpc) is 3.75. The Morgan fingerprint density at radius 2 is 0.909 bits per heavy atom. The first-order valence-electron chi connectivity index (χ1n) is 15.1. The Kier molecular flexibility index (Phi) is 5.29. The van der Waals surface area contributed by atoms with Gasteiger partial charge in [-0.1, -0.05) is 152 Å². The van der Waals surface area contributed by atoms with Crippen LogP contribution in [-0.2, 0) is 11.0 Å². The molecule has 208 valence electrons. The second-order valence-electron chi connectivity index (χ2n) is 11.7. The van der Waals surface area contributed by atoms with Gasteiger partial charge in [-0.25, -0.2) is 0 Å². The molecule has 0 spiro atoms. The normalized spacial score (nSPS) is 17.8. The van der Waals surface area contributed by atoms with Gasteiger partial charge in [0.1, 0.15) is 16.9 Å². The van der Waals surface area contributed by atoms with Crippen LogP contribution in [-0.4, -0.2) is 5.11 Å². The predicted octanol–water partition coefficient (Wildman–Crippen LogP) is 9.61. The van der Waals surface area contributed by atoms with Gasteiger partial charge in [0, 0.05) is 27.6 Å². The van der Waals surface area contributed by atoms with Crippen molar-refractivity contribution < 1.29 is 9.52 Å². The Balaban J connectivity index is 1.42. The molecule has 9 rings (SSSR count). The van der Waals surface area contributed by atoms with E-state index in [1.807, 2.05) is 36.4 Å². The molecule has 44 heavy (non-hydrogen) atoms. The van der Waals surface area contributed by atoms with Crippen molar-refractivity contribution in [3.05, 3.63) is 203 Å². The standard InChI is InChI=1S/C42H28O2/c43-42(35-24-12-8-20-31(35)38-27-28-15-7-14-26-37(28)44-38)36-25-13-10-22-33(36)39-40(42)32-21-9-11-23-34(32)41(39,29-16-3-1-4-17-29)30-18-5-2-6-19-30/h1-27,43H. The fourth-order valence-electron chi connectivity index (χ4n) is 7.90. The van der Waals surface area contributed by atoms with Crippen LogP contribution in [0.25, 0.3) is 33.4 Å². The van der Waals surface area contributed by atoms with Crippen LogP contribution in [0.2, 0.25) is 0 Å². The third kappa shape index (κ3) is 3.18. The van der Waals surface area contributed by atoms with E-state index in [1.54, 1.807) is 0 Å². The minimum absolute atomic E-state index is 0.622. The molecule has 1 N–H and O–H groups in total. The molecule has 0 radical (unpaired) electrons. The fourth-order valence-corrected chi connectivity index (χ4v) is 7.90. The zero-order valence-corrected chi connectivity index (χ0v) is 23.9. The van der Waals surface area contributed by atoms with Gasteiger partial charge >= 0.3 is 0 Å². The van der Waals surface area contributed by atoms with Crippen LogP contribution in [0.3, 0.4) is 0 Å². The molecule has 2 nitrogen and oxygen atoms in total. The van der Waals surface area contributed by atoms with Crippen molar-refractivity contribution in [1.29, 1.82) is 0 Å². The van der Waals surface area contributed by atoms with Crippen molar-refractivity contribution in [3.8, 4) is 11.3 Å². The summed E-state index contributed by atoms with van der Waals surface area (Å²) in [4.78, 5) is 0. The highest BCUT2D eigenvalue weighted by Crippen LogP contribution is 2.67. The molecule has 0 saturated heterocycles. The maximum Gasteiger partial charge on any atom is 0.142 e. The summed E-state index contributed by atoms with van der Waals surface area (Å²) in [6.07, 6.45) is 0. The minimum Gasteiger partial charge on any atom is -0.456 e. The Bertz CT molecular complexity index is 2170. The first-order chi connectivity index (χ1) is 21.7. The smallest absolute Gasteiger partial charge is 0.142 e. The van der Waals surface area contributed by atoms with Crippen molar-refractivity contribution >= 4 is 22.1 Å². The first kappa shape index (κ1) is 25.1. The van der Waals surface area contributed by atoms with E-state index in [2.05, 4.69) is 127 Å². The second kappa shape index (κ2) is 9.28. The van der Waals surface area contributed by atoms with Crippen LogP contribution in [0.15, 0.2) is 168 Å². The SMILES string of the molecule is OC1(c2ccccc2-c2cc3ccccc3o2)C2=C(c3ccccc31)C(c1ccccc1)(c1ccccc1)c1ccccc12. The summed E-state index contributed by atoms with van der Waals surface area (Å²) in [6.45, 7) is 0. The monoisotopic (exact) mass is 564 g/mol. The molecular weight excluding hydrogens is 536 g/mol. The number of rotatable bonds is 4. The first-order valence-corrected chi connectivity index (χ1v) is 15.1. The van der Waals surface area contributed by atoms with Gasteiger partial charge in [-0.05, 0) is 45.5 Å². The minimum atomic E-state index is -1.43. The fraction of sp³-hybridized carbons (Fsp3) is 0.0476. The Morgan fingerprint density at radius 1 is 0.432 bits per heavy atom. The van der Waals surface area contributed by atoms with E-state index in [0.29, 0.717) is 0 Å². The summed E-state index contributed by atoms with van der Waals surface area (Å²) in [5.74, 6) is 0.741. The molecule has 0 aliphatic heterocycles. The highest BCUT2D eigenvalue weighted by Gasteiger charge is 2.58. The van der Waals surface area contributed by atoms with Gasteiger partial charge in [0.2, 0.25) is 0 Å². The Morgan fingerprint density at radius 3 is 1.55 bits per heavy atom. The Labute approximate surface area is 256 Å². The Hall–Kier alpha value is -5.44. The number of aliphatic hydroxyl groups is 1. The number of benzene rings is 6. The summed E-state index contributed by atoms with van der Waals surface area (Å²) >= 11 is 0. The summed E-state index contributed by atoms with van der Waals surface area (Å²) in [5.41, 5.74) is 9.08. The van der Waals surface area contributed by atoms with Crippen LogP contribution in [0, 0.1) is 0 Å². The van der Waals surface area contributed by atoms with Crippen LogP contribution >= 0.6 is 0 Å². The van der Waals surface area contributed by atoms with Crippen LogP contribution < -0.4 is 0 Å². The topological polar surface area (TPSA) is 33.4 Å². The predicted molar refractivity (Wildman–Crippen MR) is 177 cm³/mol. The van der Waals surface area contributed by atoms with Crippen LogP contribution in [0.1, 0.15) is 38.9 Å². The van der Waals surface area contributed by atoms with Crippen molar-refractivity contribution in [2.75, 3.05) is 0 Å². The molecule has 2 aliphatic rings. The summed E-state index contributed by atoms with van der Waals surface area (Å²) in [6, 6.07) is 56.8. The molecule has 2 heteroatoms. The van der Waals surface area contributed by atoms with Crippen molar-refractivity contribution in [2.24, 2.45) is 0 Å². The van der Waals surface area contributed by atoms with Crippen molar-refractivity contribution in [3.63, 3.8) is 0 Å². The molecule has 0 fully saturated rings. The average molecular weight is 565 g/mol. The molecular formula is C42H28O2. The van der Waals surface area contributed by atoms with Gasteiger partial charge in [-0.3, -0.25) is 0 Å². The third-order valence-electron chi connectivity index (χ3n) is 9.59. The number of furan rings is 1. The molecule has 6 aromatic carbocycles. The molecule has 0 amide bonds. The quantitative estimate of drug-likeness (QED) is 0.231. The van der Waals surface area contributed by atoms with E-state index >= 15 is 0 Å². The molecule has 1 heterocycles. The largest absolute Gasteiger partial charge is 0.456 e. The van der Waals surface area contributed by atoms with E-state index in [1.165, 1.54) is 16.7 Å². The van der Waals surface area contributed by atoms with Gasteiger partial charge in [0.05, 0.1) is 5.41 Å². The number of fused-ring (bicyclic) bond motifs is 5. The maximum atomic E-state index is 13.6. The summed E-state index contributed by atoms with van der Waals surface area (Å²) in [5, 5.41) is 14.6. The van der Waals surface area contributed by atoms with Crippen molar-refractivity contribution in [2.45, 2.75) is 11.0 Å². The molecule has 1 unspecified atom stereocenters. The molecule has 0 saturated carbocycles. The number of hydrogen-bond acceptors (Lipinski definition) is 2. The third-order valence-corrected chi connectivity index (χ3v) is 9.59.